The van der Waals surface area contributed by atoms with Gasteiger partial charge < -0.3 is 4.74 Å². The third-order valence-electron chi connectivity index (χ3n) is 5.17. The van der Waals surface area contributed by atoms with Crippen molar-refractivity contribution in [1.82, 2.24) is 4.90 Å². The van der Waals surface area contributed by atoms with Gasteiger partial charge in [-0.3, -0.25) is 4.90 Å². The number of fused-ring (bicyclic) bond motifs is 5. The quantitative estimate of drug-likeness (QED) is 0.684. The molecule has 0 aromatic heterocycles. The second-order valence-electron chi connectivity index (χ2n) is 6.45. The Morgan fingerprint density at radius 3 is 2.56 bits per heavy atom. The topological polar surface area (TPSA) is 29.5 Å². The fourth-order valence-corrected chi connectivity index (χ4v) is 4.40. The van der Waals surface area contributed by atoms with E-state index >= 15 is 0 Å². The Bertz CT molecular complexity index is 337. The van der Waals surface area contributed by atoms with Gasteiger partial charge in [0.2, 0.25) is 0 Å². The predicted octanol–water partition coefficient (Wildman–Crippen LogP) is 2.65. The van der Waals surface area contributed by atoms with Gasteiger partial charge in [-0.2, -0.15) is 0 Å². The Morgan fingerprint density at radius 1 is 1.31 bits per heavy atom. The monoisotopic (exact) mass is 223 g/mol. The molecule has 3 fully saturated rings. The van der Waals surface area contributed by atoms with Crippen LogP contribution >= 0.6 is 0 Å². The minimum absolute atomic E-state index is 0.0857. The van der Waals surface area contributed by atoms with E-state index in [1.54, 1.807) is 0 Å². The number of carbonyl (C=O) groups excluding carboxylic acids is 1. The highest BCUT2D eigenvalue weighted by Crippen LogP contribution is 2.61. The number of amides is 1. The van der Waals surface area contributed by atoms with Crippen LogP contribution in [-0.2, 0) is 4.74 Å². The first-order chi connectivity index (χ1) is 7.44. The van der Waals surface area contributed by atoms with Gasteiger partial charge in [0, 0.05) is 12.0 Å². The van der Waals surface area contributed by atoms with Crippen molar-refractivity contribution in [3.63, 3.8) is 0 Å². The van der Waals surface area contributed by atoms with Crippen molar-refractivity contribution in [1.29, 1.82) is 0 Å². The molecular weight excluding hydrogens is 202 g/mol. The molecule has 1 heterocycles. The van der Waals surface area contributed by atoms with E-state index in [2.05, 4.69) is 27.7 Å². The van der Waals surface area contributed by atoms with Crippen LogP contribution in [0.5, 0.6) is 0 Å². The zero-order chi connectivity index (χ0) is 11.7. The van der Waals surface area contributed by atoms with Crippen molar-refractivity contribution in [2.75, 3.05) is 0 Å². The lowest BCUT2D eigenvalue weighted by Crippen LogP contribution is -2.45. The molecule has 3 aliphatic rings. The minimum Gasteiger partial charge on any atom is -0.444 e. The Labute approximate surface area is 97.1 Å². The second kappa shape index (κ2) is 2.93. The van der Waals surface area contributed by atoms with E-state index in [0.29, 0.717) is 23.3 Å². The Morgan fingerprint density at radius 2 is 1.94 bits per heavy atom. The minimum atomic E-state index is -0.0857. The molecule has 1 aliphatic heterocycles. The summed E-state index contributed by atoms with van der Waals surface area (Å²) < 4.78 is 5.62. The fourth-order valence-electron chi connectivity index (χ4n) is 4.40. The van der Waals surface area contributed by atoms with E-state index in [0.717, 1.165) is 0 Å². The zero-order valence-corrected chi connectivity index (χ0v) is 10.6. The highest BCUT2D eigenvalue weighted by molar-refractivity contribution is 5.71. The van der Waals surface area contributed by atoms with Crippen molar-refractivity contribution in [3.05, 3.63) is 0 Å². The maximum atomic E-state index is 11.9. The molecule has 0 spiro atoms. The van der Waals surface area contributed by atoms with Crippen LogP contribution < -0.4 is 0 Å². The van der Waals surface area contributed by atoms with Gasteiger partial charge in [0.25, 0.3) is 0 Å². The number of hydrogen-bond donors (Lipinski definition) is 0. The van der Waals surface area contributed by atoms with E-state index in [1.165, 1.54) is 12.8 Å². The third-order valence-corrected chi connectivity index (χ3v) is 5.17. The van der Waals surface area contributed by atoms with Crippen LogP contribution in [0.1, 0.15) is 40.5 Å². The Balaban J connectivity index is 1.97. The SMILES string of the molecule is CC(C)N1C(=O)OC2C1C1CCC2C1(C)C. The average Bonchev–Trinajstić information content (AvgIpc) is 2.70. The van der Waals surface area contributed by atoms with Crippen LogP contribution in [0, 0.1) is 17.3 Å². The van der Waals surface area contributed by atoms with E-state index in [1.807, 2.05) is 4.90 Å². The largest absolute Gasteiger partial charge is 0.444 e. The highest BCUT2D eigenvalue weighted by atomic mass is 16.6. The summed E-state index contributed by atoms with van der Waals surface area (Å²) in [5.41, 5.74) is 0.350. The van der Waals surface area contributed by atoms with E-state index in [-0.39, 0.29) is 18.2 Å². The first kappa shape index (κ1) is 10.4. The van der Waals surface area contributed by atoms with Crippen LogP contribution in [-0.4, -0.2) is 29.2 Å². The molecule has 2 bridgehead atoms. The molecule has 3 rings (SSSR count). The number of hydrogen-bond acceptors (Lipinski definition) is 2. The lowest BCUT2D eigenvalue weighted by Gasteiger charge is -2.32. The molecule has 2 aliphatic carbocycles. The molecule has 3 heteroatoms. The highest BCUT2D eigenvalue weighted by Gasteiger charge is 2.66. The first-order valence-corrected chi connectivity index (χ1v) is 6.43. The number of nitrogens with zero attached hydrogens (tertiary/aromatic N) is 1. The second-order valence-corrected chi connectivity index (χ2v) is 6.45. The van der Waals surface area contributed by atoms with Crippen LogP contribution in [0.25, 0.3) is 0 Å². The summed E-state index contributed by atoms with van der Waals surface area (Å²) in [5, 5.41) is 0. The first-order valence-electron chi connectivity index (χ1n) is 6.43. The third kappa shape index (κ3) is 1.02. The molecule has 2 saturated carbocycles. The van der Waals surface area contributed by atoms with Gasteiger partial charge >= 0.3 is 6.09 Å². The number of ether oxygens (including phenoxy) is 1. The number of carbonyl (C=O) groups is 1. The average molecular weight is 223 g/mol. The summed E-state index contributed by atoms with van der Waals surface area (Å²) in [6.07, 6.45) is 2.58. The smallest absolute Gasteiger partial charge is 0.410 e. The summed E-state index contributed by atoms with van der Waals surface area (Å²) in [7, 11) is 0. The van der Waals surface area contributed by atoms with E-state index in [4.69, 9.17) is 4.74 Å². The summed E-state index contributed by atoms with van der Waals surface area (Å²) >= 11 is 0. The maximum Gasteiger partial charge on any atom is 0.410 e. The van der Waals surface area contributed by atoms with E-state index in [9.17, 15) is 4.79 Å². The van der Waals surface area contributed by atoms with Gasteiger partial charge in [-0.25, -0.2) is 4.79 Å². The molecule has 16 heavy (non-hydrogen) atoms. The maximum absolute atomic E-state index is 11.9. The molecule has 0 N–H and O–H groups in total. The molecule has 3 nitrogen and oxygen atoms in total. The van der Waals surface area contributed by atoms with Crippen LogP contribution in [0.15, 0.2) is 0 Å². The van der Waals surface area contributed by atoms with Crippen LogP contribution in [0.3, 0.4) is 0 Å². The van der Waals surface area contributed by atoms with Crippen molar-refractivity contribution in [2.45, 2.75) is 58.7 Å². The molecular formula is C13H21NO2. The summed E-state index contributed by atoms with van der Waals surface area (Å²) in [6.45, 7) is 8.87. The number of rotatable bonds is 1. The molecule has 4 atom stereocenters. The van der Waals surface area contributed by atoms with Gasteiger partial charge in [0.15, 0.2) is 0 Å². The van der Waals surface area contributed by atoms with Crippen molar-refractivity contribution in [2.24, 2.45) is 17.3 Å². The molecule has 0 aromatic carbocycles. The molecule has 1 amide bonds. The zero-order valence-electron chi connectivity index (χ0n) is 10.6. The molecule has 1 saturated heterocycles. The van der Waals surface area contributed by atoms with E-state index < -0.39 is 0 Å². The standard InChI is InChI=1S/C13H21NO2/c1-7(2)14-10-8-5-6-9(13(8,3)4)11(10)16-12(14)15/h7-11H,5-6H2,1-4H3. The normalized spacial score (nSPS) is 44.1. The molecule has 4 unspecified atom stereocenters. The van der Waals surface area contributed by atoms with Gasteiger partial charge in [0.1, 0.15) is 6.10 Å². The fraction of sp³-hybridized carbons (Fsp3) is 0.923. The van der Waals surface area contributed by atoms with Crippen LogP contribution in [0.2, 0.25) is 0 Å². The van der Waals surface area contributed by atoms with Gasteiger partial charge in [0.05, 0.1) is 6.04 Å². The molecule has 0 radical (unpaired) electrons. The summed E-state index contributed by atoms with van der Waals surface area (Å²) in [5.74, 6) is 1.21. The molecule has 90 valence electrons. The summed E-state index contributed by atoms with van der Waals surface area (Å²) in [4.78, 5) is 13.8. The van der Waals surface area contributed by atoms with Gasteiger partial charge in [-0.15, -0.1) is 0 Å². The van der Waals surface area contributed by atoms with Crippen molar-refractivity contribution >= 4 is 6.09 Å². The van der Waals surface area contributed by atoms with Gasteiger partial charge in [-0.1, -0.05) is 13.8 Å². The predicted molar refractivity (Wildman–Crippen MR) is 61.0 cm³/mol. The Kier molecular flexibility index (Phi) is 1.91. The summed E-state index contributed by atoms with van der Waals surface area (Å²) in [6, 6.07) is 0.610. The Hall–Kier alpha value is -0.730. The lowest BCUT2D eigenvalue weighted by molar-refractivity contribution is 0.0820. The van der Waals surface area contributed by atoms with Crippen molar-refractivity contribution in [3.8, 4) is 0 Å². The van der Waals surface area contributed by atoms with Crippen molar-refractivity contribution < 1.29 is 9.53 Å². The van der Waals surface area contributed by atoms with Gasteiger partial charge in [-0.05, 0) is 38.0 Å². The molecule has 0 aromatic rings. The van der Waals surface area contributed by atoms with Crippen LogP contribution in [0.4, 0.5) is 4.79 Å². The lowest BCUT2D eigenvalue weighted by atomic mass is 9.81.